The molecular weight excluding hydrogens is 460 g/mol. The number of rotatable bonds is 7. The first-order valence-electron chi connectivity index (χ1n) is 11.0. The quantitative estimate of drug-likeness (QED) is 0.413. The summed E-state index contributed by atoms with van der Waals surface area (Å²) in [5.74, 6) is 0. The predicted molar refractivity (Wildman–Crippen MR) is 128 cm³/mol. The van der Waals surface area contributed by atoms with E-state index in [1.165, 1.54) is 12.6 Å². The number of nitrogens with one attached hydrogen (secondary N) is 1. The van der Waals surface area contributed by atoms with Gasteiger partial charge in [-0.1, -0.05) is 24.3 Å². The van der Waals surface area contributed by atoms with Crippen LogP contribution < -0.4 is 4.72 Å². The normalized spacial score (nSPS) is 17.2. The van der Waals surface area contributed by atoms with Crippen LogP contribution in [-0.4, -0.2) is 59.5 Å². The Bertz CT molecular complexity index is 1390. The summed E-state index contributed by atoms with van der Waals surface area (Å²) in [5.41, 5.74) is 2.61. The van der Waals surface area contributed by atoms with E-state index in [1.54, 1.807) is 12.1 Å². The van der Waals surface area contributed by atoms with Crippen molar-refractivity contribution in [2.75, 3.05) is 26.7 Å². The first kappa shape index (κ1) is 22.4. The molecule has 5 rings (SSSR count). The van der Waals surface area contributed by atoms with Crippen LogP contribution in [0.25, 0.3) is 22.0 Å². The molecule has 0 aliphatic carbocycles. The Kier molecular flexibility index (Phi) is 5.96. The maximum absolute atomic E-state index is 12.8. The van der Waals surface area contributed by atoms with E-state index < -0.39 is 15.6 Å². The third kappa shape index (κ3) is 4.41. The Morgan fingerprint density at radius 1 is 1.15 bits per heavy atom. The fourth-order valence-corrected chi connectivity index (χ4v) is 6.33. The van der Waals surface area contributed by atoms with Crippen LogP contribution in [0.2, 0.25) is 0 Å². The molecule has 1 fully saturated rings. The van der Waals surface area contributed by atoms with Gasteiger partial charge in [-0.25, -0.2) is 13.1 Å². The van der Waals surface area contributed by atoms with Gasteiger partial charge in [0.2, 0.25) is 10.0 Å². The summed E-state index contributed by atoms with van der Waals surface area (Å²) < 4.78 is 41.9. The number of furan rings is 1. The second kappa shape index (κ2) is 8.77. The van der Waals surface area contributed by atoms with E-state index in [1.807, 2.05) is 24.5 Å². The summed E-state index contributed by atoms with van der Waals surface area (Å²) in [6.45, 7) is 2.39. The first-order chi connectivity index (χ1) is 15.9. The Morgan fingerprint density at radius 2 is 1.94 bits per heavy atom. The monoisotopic (exact) mass is 486 g/mol. The standard InChI is InChI=1S/C23H26N4O4S2/c1-24-33(29,30)22-16(6-7-19-21(22)26-32-25-19)14-23(28)9-12-27(13-10-23)11-8-17-15-31-20-5-3-2-4-18(17)20/h2-7,15,24,28H,8-14H2,1H3. The lowest BCUT2D eigenvalue weighted by Crippen LogP contribution is -2.46. The molecule has 0 radical (unpaired) electrons. The predicted octanol–water partition coefficient (Wildman–Crippen LogP) is 2.96. The third-order valence-electron chi connectivity index (χ3n) is 6.57. The summed E-state index contributed by atoms with van der Waals surface area (Å²) in [6, 6.07) is 11.6. The molecule has 1 aliphatic heterocycles. The molecule has 0 atom stereocenters. The Balaban J connectivity index is 1.28. The summed E-state index contributed by atoms with van der Waals surface area (Å²) in [7, 11) is -2.36. The molecule has 0 amide bonds. The molecule has 174 valence electrons. The number of benzene rings is 2. The van der Waals surface area contributed by atoms with E-state index in [0.29, 0.717) is 29.4 Å². The molecule has 0 saturated carbocycles. The molecule has 3 heterocycles. The van der Waals surface area contributed by atoms with Crippen molar-refractivity contribution in [3.8, 4) is 0 Å². The third-order valence-corrected chi connectivity index (χ3v) is 8.64. The molecule has 2 aromatic heterocycles. The zero-order valence-electron chi connectivity index (χ0n) is 18.3. The zero-order valence-corrected chi connectivity index (χ0v) is 20.0. The number of hydrogen-bond donors (Lipinski definition) is 2. The van der Waals surface area contributed by atoms with Gasteiger partial charge in [-0.3, -0.25) is 0 Å². The minimum Gasteiger partial charge on any atom is -0.464 e. The van der Waals surface area contributed by atoms with Crippen molar-refractivity contribution in [2.24, 2.45) is 0 Å². The van der Waals surface area contributed by atoms with Crippen LogP contribution in [-0.2, 0) is 22.9 Å². The topological polar surface area (TPSA) is 109 Å². The number of fused-ring (bicyclic) bond motifs is 2. The van der Waals surface area contributed by atoms with Crippen molar-refractivity contribution in [3.63, 3.8) is 0 Å². The summed E-state index contributed by atoms with van der Waals surface area (Å²) in [6.07, 6.45) is 4.12. The minimum absolute atomic E-state index is 0.124. The summed E-state index contributed by atoms with van der Waals surface area (Å²) >= 11 is 0.985. The fourth-order valence-electron chi connectivity index (χ4n) is 4.64. The summed E-state index contributed by atoms with van der Waals surface area (Å²) in [5, 5.41) is 12.5. The Morgan fingerprint density at radius 3 is 2.73 bits per heavy atom. The summed E-state index contributed by atoms with van der Waals surface area (Å²) in [4.78, 5) is 2.47. The van der Waals surface area contributed by atoms with Crippen LogP contribution in [0.3, 0.4) is 0 Å². The molecule has 8 nitrogen and oxygen atoms in total. The van der Waals surface area contributed by atoms with E-state index in [0.717, 1.165) is 48.8 Å². The SMILES string of the molecule is CNS(=O)(=O)c1c(CC2(O)CCN(CCc3coc4ccccc34)CC2)ccc2nsnc12. The van der Waals surface area contributed by atoms with Gasteiger partial charge in [-0.05, 0) is 49.6 Å². The van der Waals surface area contributed by atoms with Crippen LogP contribution in [0.5, 0.6) is 0 Å². The number of likely N-dealkylation sites (tertiary alicyclic amines) is 1. The van der Waals surface area contributed by atoms with Gasteiger partial charge >= 0.3 is 0 Å². The number of nitrogens with zero attached hydrogens (tertiary/aromatic N) is 3. The molecule has 4 aromatic rings. The van der Waals surface area contributed by atoms with Gasteiger partial charge in [0.15, 0.2) is 0 Å². The van der Waals surface area contributed by atoms with E-state index in [-0.39, 0.29) is 11.3 Å². The molecular formula is C23H26N4O4S2. The van der Waals surface area contributed by atoms with E-state index >= 15 is 0 Å². The van der Waals surface area contributed by atoms with Gasteiger partial charge in [0.1, 0.15) is 21.5 Å². The molecule has 10 heteroatoms. The Hall–Kier alpha value is -2.37. The number of aliphatic hydroxyl groups is 1. The first-order valence-corrected chi connectivity index (χ1v) is 13.2. The van der Waals surface area contributed by atoms with Gasteiger partial charge in [0.05, 0.1) is 23.6 Å². The van der Waals surface area contributed by atoms with Crippen LogP contribution in [0.4, 0.5) is 0 Å². The largest absolute Gasteiger partial charge is 0.464 e. The number of aromatic nitrogens is 2. The zero-order chi connectivity index (χ0) is 23.1. The van der Waals surface area contributed by atoms with Crippen molar-refractivity contribution in [1.29, 1.82) is 0 Å². The highest BCUT2D eigenvalue weighted by Crippen LogP contribution is 2.32. The number of piperidine rings is 1. The minimum atomic E-state index is -3.74. The number of hydrogen-bond acceptors (Lipinski definition) is 8. The highest BCUT2D eigenvalue weighted by molar-refractivity contribution is 7.89. The highest BCUT2D eigenvalue weighted by atomic mass is 32.2. The van der Waals surface area contributed by atoms with Crippen LogP contribution >= 0.6 is 11.7 Å². The van der Waals surface area contributed by atoms with Crippen LogP contribution in [0.1, 0.15) is 24.0 Å². The van der Waals surface area contributed by atoms with Crippen molar-refractivity contribution < 1.29 is 17.9 Å². The number of sulfonamides is 1. The molecule has 2 N–H and O–H groups in total. The lowest BCUT2D eigenvalue weighted by Gasteiger charge is -2.38. The average Bonchev–Trinajstić information content (AvgIpc) is 3.45. The number of para-hydroxylation sites is 1. The van der Waals surface area contributed by atoms with Crippen molar-refractivity contribution >= 4 is 43.8 Å². The fraction of sp³-hybridized carbons (Fsp3) is 0.391. The van der Waals surface area contributed by atoms with Crippen LogP contribution in [0.15, 0.2) is 52.0 Å². The molecule has 33 heavy (non-hydrogen) atoms. The van der Waals surface area contributed by atoms with E-state index in [9.17, 15) is 13.5 Å². The van der Waals surface area contributed by atoms with Crippen molar-refractivity contribution in [2.45, 2.75) is 36.2 Å². The van der Waals surface area contributed by atoms with Gasteiger partial charge in [-0.15, -0.1) is 0 Å². The highest BCUT2D eigenvalue weighted by Gasteiger charge is 2.35. The van der Waals surface area contributed by atoms with Gasteiger partial charge in [0.25, 0.3) is 0 Å². The second-order valence-electron chi connectivity index (χ2n) is 8.64. The van der Waals surface area contributed by atoms with Gasteiger partial charge in [0, 0.05) is 31.4 Å². The maximum Gasteiger partial charge on any atom is 0.242 e. The molecule has 2 aromatic carbocycles. The van der Waals surface area contributed by atoms with Crippen molar-refractivity contribution in [1.82, 2.24) is 18.4 Å². The van der Waals surface area contributed by atoms with E-state index in [4.69, 9.17) is 4.42 Å². The lowest BCUT2D eigenvalue weighted by molar-refractivity contribution is -0.0206. The molecule has 0 spiro atoms. The van der Waals surface area contributed by atoms with Crippen molar-refractivity contribution in [3.05, 3.63) is 53.8 Å². The second-order valence-corrected chi connectivity index (χ2v) is 11.0. The molecule has 1 aliphatic rings. The molecule has 0 bridgehead atoms. The Labute approximate surface area is 196 Å². The molecule has 1 saturated heterocycles. The lowest BCUT2D eigenvalue weighted by atomic mass is 9.85. The average molecular weight is 487 g/mol. The smallest absolute Gasteiger partial charge is 0.242 e. The maximum atomic E-state index is 12.8. The van der Waals surface area contributed by atoms with E-state index in [2.05, 4.69) is 24.4 Å². The van der Waals surface area contributed by atoms with Gasteiger partial charge in [-0.2, -0.15) is 8.75 Å². The van der Waals surface area contributed by atoms with Crippen LogP contribution in [0, 0.1) is 0 Å². The molecule has 0 unspecified atom stereocenters. The van der Waals surface area contributed by atoms with Gasteiger partial charge < -0.3 is 14.4 Å².